The number of carbonyl (C=O) groups is 1. The van der Waals surface area contributed by atoms with E-state index in [2.05, 4.69) is 4.90 Å². The maximum Gasteiger partial charge on any atom is 0.231 e. The van der Waals surface area contributed by atoms with Crippen molar-refractivity contribution in [2.24, 2.45) is 0 Å². The van der Waals surface area contributed by atoms with Gasteiger partial charge in [-0.2, -0.15) is 0 Å². The lowest BCUT2D eigenvalue weighted by Crippen LogP contribution is -2.55. The van der Waals surface area contributed by atoms with Crippen LogP contribution in [0.1, 0.15) is 24.8 Å². The highest BCUT2D eigenvalue weighted by atomic mass is 16.7. The van der Waals surface area contributed by atoms with Gasteiger partial charge in [-0.1, -0.05) is 6.07 Å². The Morgan fingerprint density at radius 2 is 1.91 bits per heavy atom. The van der Waals surface area contributed by atoms with Crippen LogP contribution in [0.4, 0.5) is 0 Å². The highest BCUT2D eigenvalue weighted by Crippen LogP contribution is 2.34. The van der Waals surface area contributed by atoms with Crippen LogP contribution in [0.15, 0.2) is 18.2 Å². The van der Waals surface area contributed by atoms with Crippen molar-refractivity contribution in [3.8, 4) is 11.5 Å². The zero-order valence-corrected chi connectivity index (χ0v) is 18.3. The van der Waals surface area contributed by atoms with Crippen molar-refractivity contribution in [1.82, 2.24) is 9.80 Å². The van der Waals surface area contributed by atoms with E-state index >= 15 is 0 Å². The number of carbonyl (C=O) groups excluding carboxylic acids is 1. The van der Waals surface area contributed by atoms with E-state index in [1.165, 1.54) is 0 Å². The van der Waals surface area contributed by atoms with E-state index in [-0.39, 0.29) is 37.6 Å². The van der Waals surface area contributed by atoms with Crippen LogP contribution in [0.25, 0.3) is 0 Å². The molecule has 9 nitrogen and oxygen atoms in total. The summed E-state index contributed by atoms with van der Waals surface area (Å²) in [6.07, 6.45) is 1.32. The number of aliphatic hydroxyl groups excluding tert-OH is 1. The van der Waals surface area contributed by atoms with Gasteiger partial charge in [0.15, 0.2) is 11.5 Å². The number of amides is 1. The van der Waals surface area contributed by atoms with Gasteiger partial charge in [-0.05, 0) is 30.5 Å². The van der Waals surface area contributed by atoms with Crippen LogP contribution in [-0.4, -0.2) is 98.0 Å². The predicted octanol–water partition coefficient (Wildman–Crippen LogP) is 0.774. The van der Waals surface area contributed by atoms with Gasteiger partial charge in [0.05, 0.1) is 51.2 Å². The summed E-state index contributed by atoms with van der Waals surface area (Å²) < 4.78 is 28.4. The first-order valence-electron chi connectivity index (χ1n) is 11.5. The summed E-state index contributed by atoms with van der Waals surface area (Å²) in [5.74, 6) is 1.66. The molecule has 0 aromatic heterocycles. The number of hydrogen-bond acceptors (Lipinski definition) is 8. The van der Waals surface area contributed by atoms with Crippen LogP contribution in [-0.2, 0) is 25.5 Å². The topological polar surface area (TPSA) is 89.9 Å². The number of hydrogen-bond donors (Lipinski definition) is 1. The zero-order valence-electron chi connectivity index (χ0n) is 18.3. The molecule has 176 valence electrons. The lowest BCUT2D eigenvalue weighted by atomic mass is 9.94. The van der Waals surface area contributed by atoms with Crippen molar-refractivity contribution in [1.29, 1.82) is 0 Å². The van der Waals surface area contributed by atoms with Crippen LogP contribution in [0.2, 0.25) is 0 Å². The Labute approximate surface area is 188 Å². The van der Waals surface area contributed by atoms with Crippen molar-refractivity contribution in [3.63, 3.8) is 0 Å². The van der Waals surface area contributed by atoms with Gasteiger partial charge in [-0.15, -0.1) is 0 Å². The number of aliphatic hydroxyl groups is 1. The Morgan fingerprint density at radius 3 is 2.78 bits per heavy atom. The maximum absolute atomic E-state index is 12.7. The number of nitrogens with zero attached hydrogens (tertiary/aromatic N) is 2. The molecule has 4 aliphatic heterocycles. The maximum atomic E-state index is 12.7. The number of β-amino-alcohol motifs (C(OH)–C–C–N with tert-alkyl or cyclic N) is 1. The van der Waals surface area contributed by atoms with E-state index in [1.807, 2.05) is 23.1 Å². The highest BCUT2D eigenvalue weighted by Gasteiger charge is 2.38. The molecule has 0 saturated carbocycles. The minimum atomic E-state index is -0.550. The van der Waals surface area contributed by atoms with Gasteiger partial charge in [0.2, 0.25) is 12.7 Å². The first-order chi connectivity index (χ1) is 15.7. The number of rotatable bonds is 4. The molecule has 0 spiro atoms. The van der Waals surface area contributed by atoms with Crippen LogP contribution in [0.3, 0.4) is 0 Å². The van der Waals surface area contributed by atoms with Gasteiger partial charge >= 0.3 is 0 Å². The van der Waals surface area contributed by atoms with Gasteiger partial charge in [0.1, 0.15) is 0 Å². The van der Waals surface area contributed by atoms with Gasteiger partial charge < -0.3 is 33.7 Å². The Bertz CT molecular complexity index is 801. The minimum Gasteiger partial charge on any atom is -0.454 e. The molecule has 0 unspecified atom stereocenters. The van der Waals surface area contributed by atoms with Crippen LogP contribution in [0.5, 0.6) is 11.5 Å². The third-order valence-corrected chi connectivity index (χ3v) is 6.68. The summed E-state index contributed by atoms with van der Waals surface area (Å²) in [6, 6.07) is 6.10. The third kappa shape index (κ3) is 5.02. The van der Waals surface area contributed by atoms with Gasteiger partial charge in [0, 0.05) is 32.2 Å². The van der Waals surface area contributed by atoms with E-state index in [1.54, 1.807) is 0 Å². The molecule has 3 fully saturated rings. The number of benzene rings is 1. The van der Waals surface area contributed by atoms with Crippen LogP contribution >= 0.6 is 0 Å². The lowest BCUT2D eigenvalue weighted by Gasteiger charge is -2.44. The van der Waals surface area contributed by atoms with E-state index in [0.29, 0.717) is 52.4 Å². The monoisotopic (exact) mass is 448 g/mol. The molecule has 4 aliphatic rings. The Morgan fingerprint density at radius 1 is 1.06 bits per heavy atom. The minimum absolute atomic E-state index is 0.105. The van der Waals surface area contributed by atoms with Crippen LogP contribution < -0.4 is 9.47 Å². The van der Waals surface area contributed by atoms with Gasteiger partial charge in [0.25, 0.3) is 0 Å². The van der Waals surface area contributed by atoms with Crippen molar-refractivity contribution >= 4 is 5.91 Å². The standard InChI is InChI=1S/C23H32N2O7/c26-17-12-25(11-16-1-4-20-21(9-16)31-15-30-20)19-3-2-18(32-22(19)14-29-13-17)10-23(27)24-5-7-28-8-6-24/h1,4,9,17-19,22,26H,2-3,5-8,10-15H2/t17-,18-,19+,22-/m1/s1. The molecule has 4 heterocycles. The Balaban J connectivity index is 1.24. The van der Waals surface area contributed by atoms with E-state index in [4.69, 9.17) is 23.7 Å². The largest absolute Gasteiger partial charge is 0.454 e. The SMILES string of the molecule is O=C(C[C@H]1CC[C@H]2[C@@H](COC[C@H](O)CN2Cc2ccc3c(c2)OCO3)O1)N1CCOCC1. The first-order valence-corrected chi connectivity index (χ1v) is 11.5. The van der Waals surface area contributed by atoms with Crippen molar-refractivity contribution in [2.75, 3.05) is 52.9 Å². The fourth-order valence-electron chi connectivity index (χ4n) is 5.04. The lowest BCUT2D eigenvalue weighted by molar-refractivity contribution is -0.162. The smallest absolute Gasteiger partial charge is 0.231 e. The second-order valence-electron chi connectivity index (χ2n) is 8.95. The summed E-state index contributed by atoms with van der Waals surface area (Å²) in [6.45, 7) is 4.65. The highest BCUT2D eigenvalue weighted by molar-refractivity contribution is 5.76. The number of fused-ring (bicyclic) bond motifs is 2. The number of morpholine rings is 1. The number of ether oxygens (including phenoxy) is 5. The summed E-state index contributed by atoms with van der Waals surface area (Å²) in [5.41, 5.74) is 1.10. The summed E-state index contributed by atoms with van der Waals surface area (Å²) >= 11 is 0. The fraction of sp³-hybridized carbons (Fsp3) is 0.696. The molecule has 5 rings (SSSR count). The second kappa shape index (κ2) is 9.93. The molecule has 1 aromatic carbocycles. The molecule has 0 aliphatic carbocycles. The first kappa shape index (κ1) is 21.9. The third-order valence-electron chi connectivity index (χ3n) is 6.68. The van der Waals surface area contributed by atoms with E-state index < -0.39 is 6.10 Å². The Kier molecular flexibility index (Phi) is 6.80. The van der Waals surface area contributed by atoms with E-state index in [9.17, 15) is 9.90 Å². The van der Waals surface area contributed by atoms with E-state index in [0.717, 1.165) is 29.9 Å². The van der Waals surface area contributed by atoms with Crippen molar-refractivity contribution in [2.45, 2.75) is 50.2 Å². The summed E-state index contributed by atoms with van der Waals surface area (Å²) in [5, 5.41) is 10.4. The molecule has 0 bridgehead atoms. The zero-order chi connectivity index (χ0) is 21.9. The normalized spacial score (nSPS) is 31.0. The van der Waals surface area contributed by atoms with Crippen molar-refractivity contribution < 1.29 is 33.6 Å². The molecule has 9 heteroatoms. The van der Waals surface area contributed by atoms with Crippen molar-refractivity contribution in [3.05, 3.63) is 23.8 Å². The molecule has 1 N–H and O–H groups in total. The molecular weight excluding hydrogens is 416 g/mol. The molecule has 32 heavy (non-hydrogen) atoms. The summed E-state index contributed by atoms with van der Waals surface area (Å²) in [4.78, 5) is 16.8. The summed E-state index contributed by atoms with van der Waals surface area (Å²) in [7, 11) is 0. The average Bonchev–Trinajstić information content (AvgIpc) is 3.26. The Hall–Kier alpha value is -1.91. The predicted molar refractivity (Wildman–Crippen MR) is 113 cm³/mol. The quantitative estimate of drug-likeness (QED) is 0.723. The average molecular weight is 449 g/mol. The molecular formula is C23H32N2O7. The van der Waals surface area contributed by atoms with Gasteiger partial charge in [-0.25, -0.2) is 0 Å². The second-order valence-corrected chi connectivity index (χ2v) is 8.95. The van der Waals surface area contributed by atoms with Crippen LogP contribution in [0, 0.1) is 0 Å². The fourth-order valence-corrected chi connectivity index (χ4v) is 5.04. The molecule has 1 amide bonds. The molecule has 3 saturated heterocycles. The molecule has 1 aromatic rings. The molecule has 0 radical (unpaired) electrons. The molecule has 4 atom stereocenters. The van der Waals surface area contributed by atoms with Gasteiger partial charge in [-0.3, -0.25) is 9.69 Å².